The summed E-state index contributed by atoms with van der Waals surface area (Å²) in [4.78, 5) is 9.52. The van der Waals surface area contributed by atoms with Crippen molar-refractivity contribution in [3.8, 4) is 17.0 Å². The van der Waals surface area contributed by atoms with Gasteiger partial charge in [0.2, 0.25) is 5.28 Å². The summed E-state index contributed by atoms with van der Waals surface area (Å²) in [6.45, 7) is 2.03. The number of methoxy groups -OCH3 is 1. The Labute approximate surface area is 119 Å². The van der Waals surface area contributed by atoms with Crippen LogP contribution in [0.5, 0.6) is 5.75 Å². The van der Waals surface area contributed by atoms with E-state index < -0.39 is 0 Å². The summed E-state index contributed by atoms with van der Waals surface area (Å²) >= 11 is 7.56. The van der Waals surface area contributed by atoms with Gasteiger partial charge in [-0.3, -0.25) is 0 Å². The first-order chi connectivity index (χ1) is 9.19. The number of nitrogens with zero attached hydrogens (tertiary/aromatic N) is 2. The lowest BCUT2D eigenvalue weighted by Gasteiger charge is -2.08. The molecule has 0 atom stereocenters. The number of halogens is 1. The highest BCUT2D eigenvalue weighted by Crippen LogP contribution is 2.33. The molecule has 0 bridgehead atoms. The van der Waals surface area contributed by atoms with E-state index in [2.05, 4.69) is 9.97 Å². The van der Waals surface area contributed by atoms with Crippen LogP contribution in [0, 0.1) is 6.92 Å². The molecule has 2 aromatic heterocycles. The van der Waals surface area contributed by atoms with Crippen molar-refractivity contribution in [2.45, 2.75) is 6.92 Å². The normalized spacial score (nSPS) is 10.9. The SMILES string of the molecule is COc1ccc(-c2nc(Cl)nc3sccc23)c(C)c1. The largest absolute Gasteiger partial charge is 0.497 e. The van der Waals surface area contributed by atoms with Crippen molar-refractivity contribution < 1.29 is 4.74 Å². The molecule has 19 heavy (non-hydrogen) atoms. The molecule has 5 heteroatoms. The standard InChI is InChI=1S/C14H11ClN2OS/c1-8-7-9(18-2)3-4-10(8)12-11-5-6-19-13(11)17-14(15)16-12/h3-7H,1-2H3. The van der Waals surface area contributed by atoms with Crippen LogP contribution in [-0.4, -0.2) is 17.1 Å². The minimum atomic E-state index is 0.278. The molecule has 0 radical (unpaired) electrons. The summed E-state index contributed by atoms with van der Waals surface area (Å²) in [7, 11) is 1.66. The number of ether oxygens (including phenoxy) is 1. The van der Waals surface area contributed by atoms with Gasteiger partial charge in [0.05, 0.1) is 12.8 Å². The first-order valence-corrected chi connectivity index (χ1v) is 7.00. The molecule has 96 valence electrons. The molecule has 0 aliphatic carbocycles. The van der Waals surface area contributed by atoms with Crippen molar-refractivity contribution in [2.24, 2.45) is 0 Å². The molecule has 0 fully saturated rings. The fourth-order valence-electron chi connectivity index (χ4n) is 2.06. The first kappa shape index (κ1) is 12.4. The number of fused-ring (bicyclic) bond motifs is 1. The van der Waals surface area contributed by atoms with Crippen LogP contribution < -0.4 is 4.74 Å². The molecule has 3 nitrogen and oxygen atoms in total. The van der Waals surface area contributed by atoms with Crippen LogP contribution in [0.4, 0.5) is 0 Å². The summed E-state index contributed by atoms with van der Waals surface area (Å²) in [5.41, 5.74) is 3.02. The van der Waals surface area contributed by atoms with Gasteiger partial charge in [0.25, 0.3) is 0 Å². The Kier molecular flexibility index (Phi) is 3.12. The number of aromatic nitrogens is 2. The van der Waals surface area contributed by atoms with Gasteiger partial charge in [-0.25, -0.2) is 9.97 Å². The first-order valence-electron chi connectivity index (χ1n) is 5.75. The number of rotatable bonds is 2. The van der Waals surface area contributed by atoms with Gasteiger partial charge in [0, 0.05) is 10.9 Å². The number of hydrogen-bond acceptors (Lipinski definition) is 4. The number of aryl methyl sites for hydroxylation is 1. The lowest BCUT2D eigenvalue weighted by molar-refractivity contribution is 0.414. The Balaban J connectivity index is 2.26. The van der Waals surface area contributed by atoms with Gasteiger partial charge in [-0.05, 0) is 53.7 Å². The maximum Gasteiger partial charge on any atom is 0.224 e. The monoisotopic (exact) mass is 290 g/mol. The molecule has 0 amide bonds. The summed E-state index contributed by atoms with van der Waals surface area (Å²) < 4.78 is 5.23. The van der Waals surface area contributed by atoms with Crippen molar-refractivity contribution in [3.63, 3.8) is 0 Å². The highest BCUT2D eigenvalue weighted by molar-refractivity contribution is 7.16. The van der Waals surface area contributed by atoms with Crippen LogP contribution in [0.2, 0.25) is 5.28 Å². The predicted molar refractivity (Wildman–Crippen MR) is 79.2 cm³/mol. The molecule has 0 aliphatic rings. The van der Waals surface area contributed by atoms with E-state index >= 15 is 0 Å². The van der Waals surface area contributed by atoms with E-state index in [-0.39, 0.29) is 5.28 Å². The highest BCUT2D eigenvalue weighted by Gasteiger charge is 2.12. The minimum absolute atomic E-state index is 0.278. The highest BCUT2D eigenvalue weighted by atomic mass is 35.5. The molecule has 0 aliphatic heterocycles. The zero-order valence-electron chi connectivity index (χ0n) is 10.5. The molecule has 3 rings (SSSR count). The average Bonchev–Trinajstić information content (AvgIpc) is 2.85. The molecule has 3 aromatic rings. The quantitative estimate of drug-likeness (QED) is 0.659. The van der Waals surface area contributed by atoms with Crippen LogP contribution in [0.15, 0.2) is 29.6 Å². The van der Waals surface area contributed by atoms with Gasteiger partial charge < -0.3 is 4.74 Å². The number of hydrogen-bond donors (Lipinski definition) is 0. The van der Waals surface area contributed by atoms with Crippen molar-refractivity contribution in [3.05, 3.63) is 40.5 Å². The molecule has 0 saturated heterocycles. The Morgan fingerprint density at radius 2 is 2.05 bits per heavy atom. The van der Waals surface area contributed by atoms with E-state index in [9.17, 15) is 0 Å². The molecule has 2 heterocycles. The molecule has 0 spiro atoms. The van der Waals surface area contributed by atoms with E-state index in [1.54, 1.807) is 18.4 Å². The van der Waals surface area contributed by atoms with Crippen LogP contribution >= 0.6 is 22.9 Å². The summed E-state index contributed by atoms with van der Waals surface area (Å²) in [6.07, 6.45) is 0. The second-order valence-electron chi connectivity index (χ2n) is 4.16. The number of benzene rings is 1. The molecular formula is C14H11ClN2OS. The molecule has 1 aromatic carbocycles. The van der Waals surface area contributed by atoms with E-state index in [0.29, 0.717) is 0 Å². The second-order valence-corrected chi connectivity index (χ2v) is 5.39. The zero-order valence-corrected chi connectivity index (χ0v) is 12.0. The summed E-state index contributed by atoms with van der Waals surface area (Å²) in [6, 6.07) is 7.94. The van der Waals surface area contributed by atoms with E-state index in [0.717, 1.165) is 32.8 Å². The second kappa shape index (κ2) is 4.79. The lowest BCUT2D eigenvalue weighted by Crippen LogP contribution is -1.92. The Hall–Kier alpha value is -1.65. The molecule has 0 unspecified atom stereocenters. The fourth-order valence-corrected chi connectivity index (χ4v) is 3.05. The molecule has 0 saturated carbocycles. The van der Waals surface area contributed by atoms with Crippen LogP contribution in [-0.2, 0) is 0 Å². The van der Waals surface area contributed by atoms with Gasteiger partial charge in [-0.1, -0.05) is 0 Å². The van der Waals surface area contributed by atoms with Gasteiger partial charge in [-0.2, -0.15) is 0 Å². The zero-order chi connectivity index (χ0) is 13.4. The maximum absolute atomic E-state index is 6.00. The van der Waals surface area contributed by atoms with Crippen LogP contribution in [0.25, 0.3) is 21.5 Å². The maximum atomic E-state index is 6.00. The van der Waals surface area contributed by atoms with E-state index in [1.165, 1.54) is 0 Å². The van der Waals surface area contributed by atoms with Crippen molar-refractivity contribution >= 4 is 33.2 Å². The Morgan fingerprint density at radius 3 is 2.79 bits per heavy atom. The van der Waals surface area contributed by atoms with E-state index in [1.807, 2.05) is 36.6 Å². The minimum Gasteiger partial charge on any atom is -0.497 e. The predicted octanol–water partition coefficient (Wildman–Crippen LogP) is 4.33. The van der Waals surface area contributed by atoms with Gasteiger partial charge in [0.1, 0.15) is 10.6 Å². The third-order valence-corrected chi connectivity index (χ3v) is 3.96. The van der Waals surface area contributed by atoms with E-state index in [4.69, 9.17) is 16.3 Å². The Bertz CT molecular complexity index is 754. The smallest absolute Gasteiger partial charge is 0.224 e. The van der Waals surface area contributed by atoms with Gasteiger partial charge in [0.15, 0.2) is 0 Å². The fraction of sp³-hybridized carbons (Fsp3) is 0.143. The summed E-state index contributed by atoms with van der Waals surface area (Å²) in [5, 5.41) is 3.31. The van der Waals surface area contributed by atoms with Crippen molar-refractivity contribution in [1.82, 2.24) is 9.97 Å². The molecular weight excluding hydrogens is 280 g/mol. The average molecular weight is 291 g/mol. The third-order valence-electron chi connectivity index (χ3n) is 2.99. The van der Waals surface area contributed by atoms with Crippen LogP contribution in [0.1, 0.15) is 5.56 Å². The topological polar surface area (TPSA) is 35.0 Å². The lowest BCUT2D eigenvalue weighted by atomic mass is 10.0. The van der Waals surface area contributed by atoms with Gasteiger partial charge in [-0.15, -0.1) is 11.3 Å². The third kappa shape index (κ3) is 2.17. The summed E-state index contributed by atoms with van der Waals surface area (Å²) in [5.74, 6) is 0.836. The van der Waals surface area contributed by atoms with Crippen molar-refractivity contribution in [2.75, 3.05) is 7.11 Å². The number of thiophene rings is 1. The van der Waals surface area contributed by atoms with Gasteiger partial charge >= 0.3 is 0 Å². The molecule has 0 N–H and O–H groups in total. The van der Waals surface area contributed by atoms with Crippen LogP contribution in [0.3, 0.4) is 0 Å². The Morgan fingerprint density at radius 1 is 1.21 bits per heavy atom. The van der Waals surface area contributed by atoms with Crippen molar-refractivity contribution in [1.29, 1.82) is 0 Å².